The average molecular weight is 231 g/mol. The van der Waals surface area contributed by atoms with Gasteiger partial charge in [-0.1, -0.05) is 13.8 Å². The highest BCUT2D eigenvalue weighted by Crippen LogP contribution is 2.24. The van der Waals surface area contributed by atoms with Crippen molar-refractivity contribution < 1.29 is 19.4 Å². The quantitative estimate of drug-likeness (QED) is 0.736. The van der Waals surface area contributed by atoms with E-state index in [0.717, 1.165) is 0 Å². The number of ether oxygens (including phenoxy) is 2. The first-order valence-electron chi connectivity index (χ1n) is 5.62. The van der Waals surface area contributed by atoms with Crippen molar-refractivity contribution >= 4 is 5.97 Å². The van der Waals surface area contributed by atoms with E-state index in [1.165, 1.54) is 0 Å². The first-order chi connectivity index (χ1) is 7.41. The van der Waals surface area contributed by atoms with Gasteiger partial charge in [-0.3, -0.25) is 4.79 Å². The van der Waals surface area contributed by atoms with Crippen LogP contribution >= 0.6 is 0 Å². The minimum absolute atomic E-state index is 0.0773. The van der Waals surface area contributed by atoms with Gasteiger partial charge in [-0.15, -0.1) is 0 Å². The van der Waals surface area contributed by atoms with Crippen molar-refractivity contribution in [2.24, 2.45) is 11.1 Å². The Labute approximate surface area is 95.9 Å². The molecule has 1 unspecified atom stereocenters. The summed E-state index contributed by atoms with van der Waals surface area (Å²) >= 11 is 0. The summed E-state index contributed by atoms with van der Waals surface area (Å²) in [6.07, 6.45) is 1.67. The third-order valence-electron chi connectivity index (χ3n) is 2.59. The molecule has 0 saturated carbocycles. The SMILES string of the molecule is CC1(C)COC(CCCC(N)C(=O)O)OC1. The highest BCUT2D eigenvalue weighted by atomic mass is 16.7. The topological polar surface area (TPSA) is 81.8 Å². The first-order valence-corrected chi connectivity index (χ1v) is 5.62. The fourth-order valence-corrected chi connectivity index (χ4v) is 1.52. The molecule has 0 aromatic carbocycles. The lowest BCUT2D eigenvalue weighted by Crippen LogP contribution is -2.38. The number of nitrogens with two attached hydrogens (primary N) is 1. The standard InChI is InChI=1S/C11H21NO4/c1-11(2)6-15-9(16-7-11)5-3-4-8(12)10(13)14/h8-9H,3-7,12H2,1-2H3,(H,13,14). The van der Waals surface area contributed by atoms with Crippen molar-refractivity contribution in [1.29, 1.82) is 0 Å². The molecular formula is C11H21NO4. The molecule has 3 N–H and O–H groups in total. The fraction of sp³-hybridized carbons (Fsp3) is 0.909. The average Bonchev–Trinajstić information content (AvgIpc) is 2.20. The summed E-state index contributed by atoms with van der Waals surface area (Å²) in [5.41, 5.74) is 5.47. The Kier molecular flexibility index (Phi) is 4.70. The summed E-state index contributed by atoms with van der Waals surface area (Å²) in [6, 6.07) is -0.778. The Morgan fingerprint density at radius 2 is 2.06 bits per heavy atom. The van der Waals surface area contributed by atoms with Crippen LogP contribution in [0.5, 0.6) is 0 Å². The van der Waals surface area contributed by atoms with Crippen LogP contribution in [0.4, 0.5) is 0 Å². The third-order valence-corrected chi connectivity index (χ3v) is 2.59. The van der Waals surface area contributed by atoms with Crippen molar-refractivity contribution in [3.05, 3.63) is 0 Å². The monoisotopic (exact) mass is 231 g/mol. The van der Waals surface area contributed by atoms with Crippen LogP contribution in [-0.4, -0.2) is 36.6 Å². The van der Waals surface area contributed by atoms with Gasteiger partial charge < -0.3 is 20.3 Å². The number of rotatable bonds is 5. The molecule has 5 nitrogen and oxygen atoms in total. The van der Waals surface area contributed by atoms with E-state index < -0.39 is 12.0 Å². The zero-order valence-electron chi connectivity index (χ0n) is 9.94. The van der Waals surface area contributed by atoms with E-state index in [1.54, 1.807) is 0 Å². The van der Waals surface area contributed by atoms with Gasteiger partial charge in [-0.05, 0) is 19.3 Å². The Morgan fingerprint density at radius 3 is 2.56 bits per heavy atom. The Balaban J connectivity index is 2.13. The van der Waals surface area contributed by atoms with Crippen LogP contribution in [0.1, 0.15) is 33.1 Å². The van der Waals surface area contributed by atoms with Gasteiger partial charge in [0.15, 0.2) is 6.29 Å². The molecule has 0 aromatic heterocycles. The highest BCUT2D eigenvalue weighted by molar-refractivity contribution is 5.72. The molecule has 5 heteroatoms. The molecule has 1 atom stereocenters. The van der Waals surface area contributed by atoms with Gasteiger partial charge in [0.1, 0.15) is 6.04 Å². The number of hydrogen-bond donors (Lipinski definition) is 2. The van der Waals surface area contributed by atoms with E-state index in [2.05, 4.69) is 13.8 Å². The zero-order chi connectivity index (χ0) is 12.2. The molecule has 16 heavy (non-hydrogen) atoms. The summed E-state index contributed by atoms with van der Waals surface area (Å²) in [5, 5.41) is 8.60. The Hall–Kier alpha value is -0.650. The maximum Gasteiger partial charge on any atom is 0.320 e. The second-order valence-corrected chi connectivity index (χ2v) is 5.09. The molecule has 0 aromatic rings. The lowest BCUT2D eigenvalue weighted by Gasteiger charge is -2.34. The van der Waals surface area contributed by atoms with Crippen LogP contribution in [-0.2, 0) is 14.3 Å². The van der Waals surface area contributed by atoms with E-state index in [4.69, 9.17) is 20.3 Å². The predicted octanol–water partition coefficient (Wildman–Crippen LogP) is 0.968. The number of hydrogen-bond acceptors (Lipinski definition) is 4. The summed E-state index contributed by atoms with van der Waals surface area (Å²) in [6.45, 7) is 5.54. The molecule has 1 aliphatic heterocycles. The van der Waals surface area contributed by atoms with E-state index in [9.17, 15) is 4.79 Å². The van der Waals surface area contributed by atoms with E-state index >= 15 is 0 Å². The smallest absolute Gasteiger partial charge is 0.320 e. The number of carboxylic acids is 1. The summed E-state index contributed by atoms with van der Waals surface area (Å²) in [7, 11) is 0. The minimum Gasteiger partial charge on any atom is -0.480 e. The van der Waals surface area contributed by atoms with Gasteiger partial charge in [0.25, 0.3) is 0 Å². The minimum atomic E-state index is -0.952. The lowest BCUT2D eigenvalue weighted by molar-refractivity contribution is -0.224. The van der Waals surface area contributed by atoms with E-state index in [0.29, 0.717) is 32.5 Å². The van der Waals surface area contributed by atoms with Crippen LogP contribution in [0.3, 0.4) is 0 Å². The van der Waals surface area contributed by atoms with Gasteiger partial charge in [0.2, 0.25) is 0 Å². The van der Waals surface area contributed by atoms with Crippen molar-refractivity contribution in [2.45, 2.75) is 45.4 Å². The molecule has 1 heterocycles. The molecule has 1 saturated heterocycles. The second kappa shape index (κ2) is 5.61. The van der Waals surface area contributed by atoms with Crippen LogP contribution in [0, 0.1) is 5.41 Å². The molecule has 0 spiro atoms. The van der Waals surface area contributed by atoms with Gasteiger partial charge in [-0.25, -0.2) is 0 Å². The maximum atomic E-state index is 10.5. The van der Waals surface area contributed by atoms with Gasteiger partial charge >= 0.3 is 5.97 Å². The van der Waals surface area contributed by atoms with Crippen LogP contribution in [0.2, 0.25) is 0 Å². The first kappa shape index (κ1) is 13.4. The van der Waals surface area contributed by atoms with Gasteiger partial charge in [0, 0.05) is 5.41 Å². The molecule has 0 radical (unpaired) electrons. The number of aliphatic carboxylic acids is 1. The summed E-state index contributed by atoms with van der Waals surface area (Å²) in [4.78, 5) is 10.5. The molecule has 0 bridgehead atoms. The molecule has 0 amide bonds. The van der Waals surface area contributed by atoms with Crippen molar-refractivity contribution in [3.63, 3.8) is 0 Å². The van der Waals surface area contributed by atoms with Gasteiger partial charge in [0.05, 0.1) is 13.2 Å². The van der Waals surface area contributed by atoms with E-state index in [-0.39, 0.29) is 11.7 Å². The molecule has 0 aliphatic carbocycles. The second-order valence-electron chi connectivity index (χ2n) is 5.09. The fourth-order valence-electron chi connectivity index (χ4n) is 1.52. The summed E-state index contributed by atoms with van der Waals surface area (Å²) < 4.78 is 11.1. The molecule has 1 rings (SSSR count). The normalized spacial score (nSPS) is 22.9. The maximum absolute atomic E-state index is 10.5. The van der Waals surface area contributed by atoms with Crippen molar-refractivity contribution in [2.75, 3.05) is 13.2 Å². The Morgan fingerprint density at radius 1 is 1.50 bits per heavy atom. The number of carbonyl (C=O) groups is 1. The van der Waals surface area contributed by atoms with Crippen LogP contribution in [0.25, 0.3) is 0 Å². The molecule has 1 fully saturated rings. The van der Waals surface area contributed by atoms with Crippen LogP contribution in [0.15, 0.2) is 0 Å². The lowest BCUT2D eigenvalue weighted by atomic mass is 9.95. The molecule has 94 valence electrons. The highest BCUT2D eigenvalue weighted by Gasteiger charge is 2.28. The largest absolute Gasteiger partial charge is 0.480 e. The molecule has 1 aliphatic rings. The predicted molar refractivity (Wildman–Crippen MR) is 58.9 cm³/mol. The summed E-state index contributed by atoms with van der Waals surface area (Å²) in [5.74, 6) is -0.952. The number of carboxylic acid groups (broad SMARTS) is 1. The third kappa shape index (κ3) is 4.47. The van der Waals surface area contributed by atoms with Crippen molar-refractivity contribution in [1.82, 2.24) is 0 Å². The molecular weight excluding hydrogens is 210 g/mol. The Bertz CT molecular complexity index is 232. The van der Waals surface area contributed by atoms with Crippen molar-refractivity contribution in [3.8, 4) is 0 Å². The van der Waals surface area contributed by atoms with E-state index in [1.807, 2.05) is 0 Å². The van der Waals surface area contributed by atoms with Crippen LogP contribution < -0.4 is 5.73 Å². The van der Waals surface area contributed by atoms with Gasteiger partial charge in [-0.2, -0.15) is 0 Å². The zero-order valence-corrected chi connectivity index (χ0v) is 9.94.